The van der Waals surface area contributed by atoms with E-state index in [2.05, 4.69) is 13.8 Å². The molecule has 0 aromatic heterocycles. The maximum absolute atomic E-state index is 12.0. The quantitative estimate of drug-likeness (QED) is 0.777. The molecule has 1 rings (SSSR count). The van der Waals surface area contributed by atoms with E-state index in [9.17, 15) is 8.42 Å². The standard InChI is InChI=1S/C14H29NO2S/c1-3-5-8-12(4-2)11-13(15)14-9-6-7-10-18(14,16)17/h12-14H,3-11,15H2,1-2H3. The van der Waals surface area contributed by atoms with Gasteiger partial charge in [-0.05, 0) is 25.2 Å². The highest BCUT2D eigenvalue weighted by molar-refractivity contribution is 7.92. The van der Waals surface area contributed by atoms with Crippen LogP contribution in [0.5, 0.6) is 0 Å². The highest BCUT2D eigenvalue weighted by atomic mass is 32.2. The van der Waals surface area contributed by atoms with Gasteiger partial charge in [0.2, 0.25) is 0 Å². The van der Waals surface area contributed by atoms with Crippen LogP contribution >= 0.6 is 0 Å². The Morgan fingerprint density at radius 2 is 2.00 bits per heavy atom. The smallest absolute Gasteiger partial charge is 0.154 e. The van der Waals surface area contributed by atoms with E-state index in [4.69, 9.17) is 5.73 Å². The lowest BCUT2D eigenvalue weighted by Crippen LogP contribution is -2.44. The van der Waals surface area contributed by atoms with Gasteiger partial charge >= 0.3 is 0 Å². The fraction of sp³-hybridized carbons (Fsp3) is 1.00. The number of hydrogen-bond acceptors (Lipinski definition) is 3. The van der Waals surface area contributed by atoms with Crippen molar-refractivity contribution in [2.24, 2.45) is 11.7 Å². The molecule has 1 aliphatic rings. The zero-order valence-corrected chi connectivity index (χ0v) is 12.7. The van der Waals surface area contributed by atoms with Crippen molar-refractivity contribution in [2.75, 3.05) is 5.75 Å². The van der Waals surface area contributed by atoms with Crippen LogP contribution < -0.4 is 5.73 Å². The Hall–Kier alpha value is -0.0900. The van der Waals surface area contributed by atoms with Crippen LogP contribution in [0.25, 0.3) is 0 Å². The molecular formula is C14H29NO2S. The number of nitrogens with two attached hydrogens (primary N) is 1. The highest BCUT2D eigenvalue weighted by Crippen LogP contribution is 2.26. The SMILES string of the molecule is CCCCC(CC)CC(N)C1CCCCS1(=O)=O. The van der Waals surface area contributed by atoms with Gasteiger partial charge in [-0.3, -0.25) is 0 Å². The third-order valence-electron chi connectivity index (χ3n) is 4.26. The molecule has 1 saturated heterocycles. The van der Waals surface area contributed by atoms with Crippen LogP contribution in [0.3, 0.4) is 0 Å². The first-order chi connectivity index (χ1) is 8.51. The van der Waals surface area contributed by atoms with Gasteiger partial charge in [0.25, 0.3) is 0 Å². The van der Waals surface area contributed by atoms with Gasteiger partial charge in [0.15, 0.2) is 9.84 Å². The molecule has 0 aromatic rings. The Labute approximate surface area is 112 Å². The molecule has 1 heterocycles. The molecule has 108 valence electrons. The molecule has 0 aromatic carbocycles. The third-order valence-corrected chi connectivity index (χ3v) is 6.62. The minimum Gasteiger partial charge on any atom is -0.327 e. The molecule has 2 N–H and O–H groups in total. The van der Waals surface area contributed by atoms with Crippen LogP contribution in [0, 0.1) is 5.92 Å². The minimum absolute atomic E-state index is 0.155. The van der Waals surface area contributed by atoms with Crippen molar-refractivity contribution in [3.05, 3.63) is 0 Å². The fourth-order valence-corrected chi connectivity index (χ4v) is 5.06. The van der Waals surface area contributed by atoms with Crippen LogP contribution in [0.1, 0.15) is 65.2 Å². The number of sulfone groups is 1. The lowest BCUT2D eigenvalue weighted by atomic mass is 9.90. The van der Waals surface area contributed by atoms with E-state index >= 15 is 0 Å². The fourth-order valence-electron chi connectivity index (χ4n) is 2.98. The van der Waals surface area contributed by atoms with Gasteiger partial charge in [0.05, 0.1) is 11.0 Å². The maximum atomic E-state index is 12.0. The van der Waals surface area contributed by atoms with Crippen LogP contribution in [-0.4, -0.2) is 25.5 Å². The normalized spacial score (nSPS) is 26.7. The van der Waals surface area contributed by atoms with E-state index < -0.39 is 9.84 Å². The Kier molecular flexibility index (Phi) is 6.64. The molecule has 3 atom stereocenters. The van der Waals surface area contributed by atoms with E-state index in [-0.39, 0.29) is 11.3 Å². The van der Waals surface area contributed by atoms with E-state index in [1.54, 1.807) is 0 Å². The van der Waals surface area contributed by atoms with E-state index in [1.165, 1.54) is 19.3 Å². The third kappa shape index (κ3) is 4.54. The first kappa shape index (κ1) is 16.0. The molecule has 0 amide bonds. The summed E-state index contributed by atoms with van der Waals surface area (Å²) in [6, 6.07) is -0.155. The lowest BCUT2D eigenvalue weighted by Gasteiger charge is -2.29. The predicted octanol–water partition coefficient (Wildman–Crippen LogP) is 2.89. The average molecular weight is 275 g/mol. The maximum Gasteiger partial charge on any atom is 0.154 e. The molecule has 3 nitrogen and oxygen atoms in total. The van der Waals surface area contributed by atoms with Crippen LogP contribution in [0.4, 0.5) is 0 Å². The first-order valence-electron chi connectivity index (χ1n) is 7.48. The van der Waals surface area contributed by atoms with Gasteiger partial charge < -0.3 is 5.73 Å². The van der Waals surface area contributed by atoms with E-state index in [0.717, 1.165) is 32.1 Å². The van der Waals surface area contributed by atoms with Crippen LogP contribution in [0.2, 0.25) is 0 Å². The van der Waals surface area contributed by atoms with Crippen molar-refractivity contribution < 1.29 is 8.42 Å². The molecule has 18 heavy (non-hydrogen) atoms. The molecule has 0 bridgehead atoms. The van der Waals surface area contributed by atoms with Crippen LogP contribution in [-0.2, 0) is 9.84 Å². The van der Waals surface area contributed by atoms with Gasteiger partial charge in [-0.25, -0.2) is 8.42 Å². The summed E-state index contributed by atoms with van der Waals surface area (Å²) >= 11 is 0. The Morgan fingerprint density at radius 3 is 2.56 bits per heavy atom. The van der Waals surface area contributed by atoms with Crippen molar-refractivity contribution in [2.45, 2.75) is 76.5 Å². The molecule has 1 aliphatic heterocycles. The van der Waals surface area contributed by atoms with Crippen LogP contribution in [0.15, 0.2) is 0 Å². The summed E-state index contributed by atoms with van der Waals surface area (Å²) in [6.45, 7) is 4.38. The van der Waals surface area contributed by atoms with Gasteiger partial charge in [-0.1, -0.05) is 46.0 Å². The summed E-state index contributed by atoms with van der Waals surface area (Å²) < 4.78 is 24.1. The van der Waals surface area contributed by atoms with Gasteiger partial charge in [-0.2, -0.15) is 0 Å². The first-order valence-corrected chi connectivity index (χ1v) is 9.20. The second-order valence-electron chi connectivity index (χ2n) is 5.72. The Balaban J connectivity index is 2.54. The topological polar surface area (TPSA) is 60.2 Å². The summed E-state index contributed by atoms with van der Waals surface area (Å²) in [7, 11) is -2.92. The lowest BCUT2D eigenvalue weighted by molar-refractivity contribution is 0.365. The van der Waals surface area contributed by atoms with E-state index in [1.807, 2.05) is 0 Å². The Bertz CT molecular complexity index is 327. The Morgan fingerprint density at radius 1 is 1.28 bits per heavy atom. The number of hydrogen-bond donors (Lipinski definition) is 1. The molecular weight excluding hydrogens is 246 g/mol. The average Bonchev–Trinajstić information content (AvgIpc) is 2.33. The summed E-state index contributed by atoms with van der Waals surface area (Å²) in [6.07, 6.45) is 8.21. The van der Waals surface area contributed by atoms with Crippen molar-refractivity contribution in [3.8, 4) is 0 Å². The summed E-state index contributed by atoms with van der Waals surface area (Å²) in [4.78, 5) is 0. The summed E-state index contributed by atoms with van der Waals surface area (Å²) in [5, 5.41) is -0.276. The molecule has 1 fully saturated rings. The van der Waals surface area contributed by atoms with Crippen molar-refractivity contribution >= 4 is 9.84 Å². The second kappa shape index (κ2) is 7.49. The summed E-state index contributed by atoms with van der Waals surface area (Å²) in [5.41, 5.74) is 6.19. The van der Waals surface area contributed by atoms with E-state index in [0.29, 0.717) is 11.7 Å². The zero-order valence-electron chi connectivity index (χ0n) is 11.9. The predicted molar refractivity (Wildman–Crippen MR) is 77.3 cm³/mol. The monoisotopic (exact) mass is 275 g/mol. The molecule has 4 heteroatoms. The van der Waals surface area contributed by atoms with Crippen molar-refractivity contribution in [1.82, 2.24) is 0 Å². The number of unbranched alkanes of at least 4 members (excludes halogenated alkanes) is 1. The minimum atomic E-state index is -2.92. The zero-order chi connectivity index (χ0) is 13.6. The molecule has 3 unspecified atom stereocenters. The number of rotatable bonds is 7. The van der Waals surface area contributed by atoms with Gasteiger partial charge in [0, 0.05) is 6.04 Å². The summed E-state index contributed by atoms with van der Waals surface area (Å²) in [5.74, 6) is 0.939. The molecule has 0 saturated carbocycles. The largest absolute Gasteiger partial charge is 0.327 e. The van der Waals surface area contributed by atoms with Gasteiger partial charge in [-0.15, -0.1) is 0 Å². The van der Waals surface area contributed by atoms with Gasteiger partial charge in [0.1, 0.15) is 0 Å². The second-order valence-corrected chi connectivity index (χ2v) is 8.06. The molecule has 0 aliphatic carbocycles. The van der Waals surface area contributed by atoms with Crippen molar-refractivity contribution in [1.29, 1.82) is 0 Å². The van der Waals surface area contributed by atoms with Crippen molar-refractivity contribution in [3.63, 3.8) is 0 Å². The molecule has 0 radical (unpaired) electrons. The highest BCUT2D eigenvalue weighted by Gasteiger charge is 2.34. The molecule has 0 spiro atoms.